The third kappa shape index (κ3) is 1.71. The fourth-order valence-electron chi connectivity index (χ4n) is 1.60. The Kier molecular flexibility index (Phi) is 2.30. The maximum atomic E-state index is 5.51. The predicted molar refractivity (Wildman–Crippen MR) is 64.3 cm³/mol. The summed E-state index contributed by atoms with van der Waals surface area (Å²) >= 11 is 0. The van der Waals surface area contributed by atoms with Crippen molar-refractivity contribution in [2.24, 2.45) is 0 Å². The summed E-state index contributed by atoms with van der Waals surface area (Å²) in [7, 11) is 0. The molecule has 0 fully saturated rings. The van der Waals surface area contributed by atoms with E-state index in [1.165, 1.54) is 0 Å². The van der Waals surface area contributed by atoms with Crippen LogP contribution in [0.4, 0.5) is 5.82 Å². The molecule has 0 radical (unpaired) electrons. The van der Waals surface area contributed by atoms with Gasteiger partial charge in [-0.25, -0.2) is 0 Å². The Balaban J connectivity index is 2.02. The second-order valence-corrected chi connectivity index (χ2v) is 3.80. The summed E-state index contributed by atoms with van der Waals surface area (Å²) in [6.07, 6.45) is 1.69. The van der Waals surface area contributed by atoms with Gasteiger partial charge in [-0.1, -0.05) is 11.2 Å². The zero-order valence-electron chi connectivity index (χ0n) is 9.58. The van der Waals surface area contributed by atoms with Crippen LogP contribution in [0.1, 0.15) is 5.56 Å². The zero-order chi connectivity index (χ0) is 12.5. The third-order valence-electron chi connectivity index (χ3n) is 2.48. The molecule has 3 heterocycles. The number of nitrogens with zero attached hydrogens (tertiary/aromatic N) is 4. The number of aryl methyl sites for hydroxylation is 1. The molecule has 0 saturated carbocycles. The van der Waals surface area contributed by atoms with Crippen molar-refractivity contribution in [1.82, 2.24) is 25.3 Å². The van der Waals surface area contributed by atoms with Crippen molar-refractivity contribution >= 4 is 5.82 Å². The molecule has 0 aromatic carbocycles. The van der Waals surface area contributed by atoms with Gasteiger partial charge in [-0.2, -0.15) is 10.1 Å². The molecule has 0 aliphatic heterocycles. The smallest absolute Gasteiger partial charge is 0.276 e. The molecule has 0 atom stereocenters. The average Bonchev–Trinajstić information content (AvgIpc) is 2.98. The van der Waals surface area contributed by atoms with E-state index in [4.69, 9.17) is 10.3 Å². The highest BCUT2D eigenvalue weighted by Gasteiger charge is 2.14. The quantitative estimate of drug-likeness (QED) is 0.703. The van der Waals surface area contributed by atoms with E-state index in [-0.39, 0.29) is 0 Å². The van der Waals surface area contributed by atoms with Crippen molar-refractivity contribution in [1.29, 1.82) is 0 Å². The van der Waals surface area contributed by atoms with Gasteiger partial charge in [0.25, 0.3) is 5.89 Å². The highest BCUT2D eigenvalue weighted by atomic mass is 16.5. The minimum atomic E-state index is 0.333. The lowest BCUT2D eigenvalue weighted by atomic mass is 10.2. The Morgan fingerprint density at radius 2 is 2.28 bits per heavy atom. The first-order valence-electron chi connectivity index (χ1n) is 5.31. The summed E-state index contributed by atoms with van der Waals surface area (Å²) < 4.78 is 5.15. The van der Waals surface area contributed by atoms with Crippen molar-refractivity contribution in [3.05, 3.63) is 30.0 Å². The van der Waals surface area contributed by atoms with E-state index in [2.05, 4.69) is 25.3 Å². The minimum Gasteiger partial charge on any atom is -0.382 e. The summed E-state index contributed by atoms with van der Waals surface area (Å²) in [6, 6.07) is 5.42. The second kappa shape index (κ2) is 3.95. The van der Waals surface area contributed by atoms with Gasteiger partial charge in [-0.15, -0.1) is 0 Å². The summed E-state index contributed by atoms with van der Waals surface area (Å²) in [6.45, 7) is 1.94. The van der Waals surface area contributed by atoms with Crippen molar-refractivity contribution < 1.29 is 4.52 Å². The first-order chi connectivity index (χ1) is 8.74. The molecule has 0 amide bonds. The molecule has 7 nitrogen and oxygen atoms in total. The molecule has 0 saturated heterocycles. The number of nitrogens with one attached hydrogen (secondary N) is 1. The molecular formula is C11H10N6O. The lowest BCUT2D eigenvalue weighted by molar-refractivity contribution is 0.430. The summed E-state index contributed by atoms with van der Waals surface area (Å²) in [5, 5.41) is 10.4. The standard InChI is InChI=1S/C11H10N6O/c1-6-3-2-4-13-9(6)10-14-11(18-17-10)7-5-8(12)16-15-7/h2-5H,1H3,(H3,12,15,16). The van der Waals surface area contributed by atoms with Crippen molar-refractivity contribution in [3.63, 3.8) is 0 Å². The molecule has 0 aliphatic rings. The molecule has 3 aromatic rings. The van der Waals surface area contributed by atoms with Gasteiger partial charge in [0.1, 0.15) is 17.2 Å². The molecule has 3 rings (SSSR count). The van der Waals surface area contributed by atoms with Gasteiger partial charge in [0.15, 0.2) is 0 Å². The monoisotopic (exact) mass is 242 g/mol. The normalized spacial score (nSPS) is 10.7. The minimum absolute atomic E-state index is 0.333. The van der Waals surface area contributed by atoms with Crippen molar-refractivity contribution in [2.75, 3.05) is 5.73 Å². The Labute approximate surface area is 102 Å². The van der Waals surface area contributed by atoms with Crippen LogP contribution in [-0.2, 0) is 0 Å². The van der Waals surface area contributed by atoms with Crippen LogP contribution in [0.2, 0.25) is 0 Å². The van der Waals surface area contributed by atoms with Gasteiger partial charge in [-0.05, 0) is 18.6 Å². The van der Waals surface area contributed by atoms with E-state index in [0.29, 0.717) is 28.9 Å². The Morgan fingerprint density at radius 1 is 1.39 bits per heavy atom. The van der Waals surface area contributed by atoms with Crippen LogP contribution in [-0.4, -0.2) is 25.3 Å². The highest BCUT2D eigenvalue weighted by molar-refractivity contribution is 5.58. The number of rotatable bonds is 2. The molecule has 0 aliphatic carbocycles. The Hall–Kier alpha value is -2.70. The van der Waals surface area contributed by atoms with E-state index < -0.39 is 0 Å². The van der Waals surface area contributed by atoms with Gasteiger partial charge >= 0.3 is 0 Å². The maximum Gasteiger partial charge on any atom is 0.276 e. The molecule has 0 spiro atoms. The van der Waals surface area contributed by atoms with Gasteiger partial charge in [0.2, 0.25) is 5.82 Å². The summed E-state index contributed by atoms with van der Waals surface area (Å²) in [5.41, 5.74) is 7.77. The largest absolute Gasteiger partial charge is 0.382 e. The van der Waals surface area contributed by atoms with Crippen LogP contribution in [0.5, 0.6) is 0 Å². The zero-order valence-corrected chi connectivity index (χ0v) is 9.58. The average molecular weight is 242 g/mol. The number of anilines is 1. The highest BCUT2D eigenvalue weighted by Crippen LogP contribution is 2.22. The number of nitrogen functional groups attached to an aromatic ring is 1. The third-order valence-corrected chi connectivity index (χ3v) is 2.48. The lowest BCUT2D eigenvalue weighted by Crippen LogP contribution is -1.89. The number of aromatic nitrogens is 5. The Morgan fingerprint density at radius 3 is 3.00 bits per heavy atom. The van der Waals surface area contributed by atoms with Crippen LogP contribution in [0.15, 0.2) is 28.9 Å². The van der Waals surface area contributed by atoms with Crippen LogP contribution in [0.25, 0.3) is 23.1 Å². The van der Waals surface area contributed by atoms with E-state index in [0.717, 1.165) is 5.56 Å². The first-order valence-corrected chi connectivity index (χ1v) is 5.31. The van der Waals surface area contributed by atoms with E-state index in [1.54, 1.807) is 12.3 Å². The van der Waals surface area contributed by atoms with Crippen LogP contribution < -0.4 is 5.73 Å². The van der Waals surface area contributed by atoms with Crippen molar-refractivity contribution in [3.8, 4) is 23.1 Å². The second-order valence-electron chi connectivity index (χ2n) is 3.80. The number of nitrogens with two attached hydrogens (primary N) is 1. The molecule has 18 heavy (non-hydrogen) atoms. The van der Waals surface area contributed by atoms with Gasteiger partial charge in [-0.3, -0.25) is 10.1 Å². The maximum absolute atomic E-state index is 5.51. The number of pyridine rings is 1. The topological polar surface area (TPSA) is 107 Å². The van der Waals surface area contributed by atoms with E-state index in [1.807, 2.05) is 19.1 Å². The van der Waals surface area contributed by atoms with Crippen LogP contribution >= 0.6 is 0 Å². The predicted octanol–water partition coefficient (Wildman–Crippen LogP) is 1.41. The Bertz CT molecular complexity index is 686. The van der Waals surface area contributed by atoms with Crippen molar-refractivity contribution in [2.45, 2.75) is 6.92 Å². The molecule has 3 aromatic heterocycles. The number of aromatic amines is 1. The summed E-state index contributed by atoms with van der Waals surface area (Å²) in [5.74, 6) is 1.15. The number of hydrogen-bond acceptors (Lipinski definition) is 6. The van der Waals surface area contributed by atoms with Crippen LogP contribution in [0, 0.1) is 6.92 Å². The van der Waals surface area contributed by atoms with E-state index >= 15 is 0 Å². The number of H-pyrrole nitrogens is 1. The van der Waals surface area contributed by atoms with Gasteiger partial charge in [0.05, 0.1) is 0 Å². The molecular weight excluding hydrogens is 232 g/mol. The van der Waals surface area contributed by atoms with Gasteiger partial charge < -0.3 is 10.3 Å². The molecule has 90 valence electrons. The molecule has 0 bridgehead atoms. The lowest BCUT2D eigenvalue weighted by Gasteiger charge is -1.96. The first kappa shape index (κ1) is 10.5. The fourth-order valence-corrected chi connectivity index (χ4v) is 1.60. The number of hydrogen-bond donors (Lipinski definition) is 2. The molecule has 7 heteroatoms. The fraction of sp³-hybridized carbons (Fsp3) is 0.0909. The van der Waals surface area contributed by atoms with E-state index in [9.17, 15) is 0 Å². The molecule has 0 unspecified atom stereocenters. The molecule has 3 N–H and O–H groups in total. The SMILES string of the molecule is Cc1cccnc1-c1noc(-c2cc(N)n[nH]2)n1. The summed E-state index contributed by atoms with van der Waals surface area (Å²) in [4.78, 5) is 8.48. The van der Waals surface area contributed by atoms with Crippen LogP contribution in [0.3, 0.4) is 0 Å². The van der Waals surface area contributed by atoms with Gasteiger partial charge in [0, 0.05) is 12.3 Å².